The number of nitrogens with zero attached hydrogens (tertiary/aromatic N) is 5. The van der Waals surface area contributed by atoms with E-state index in [1.807, 2.05) is 12.4 Å². The monoisotopic (exact) mass is 655 g/mol. The standard InChI is InChI=1S/C36H54N2O2.Ga.N3/c1-33(2,3)25-17-23(31(39)27(19-25)35(7,8)9)21-37-29-15-13-14-16-30(29)38-22-24-18-26(34(4,5)6)20-28(32(24)40)36(10,11)12;;1-3-2/h17-22,29-30,39-40H,13-16H2,1-12H3;;/q;+3;-1/p-2. The van der Waals surface area contributed by atoms with Crippen LogP contribution in [0.1, 0.15) is 142 Å². The van der Waals surface area contributed by atoms with Crippen molar-refractivity contribution in [1.29, 1.82) is 0 Å². The van der Waals surface area contributed by atoms with E-state index < -0.39 is 17.2 Å². The minimum atomic E-state index is -3.66. The van der Waals surface area contributed by atoms with E-state index in [4.69, 9.17) is 17.0 Å². The molecule has 44 heavy (non-hydrogen) atoms. The summed E-state index contributed by atoms with van der Waals surface area (Å²) in [5.41, 5.74) is 15.5. The molecule has 236 valence electrons. The van der Waals surface area contributed by atoms with Gasteiger partial charge in [0.1, 0.15) is 0 Å². The van der Waals surface area contributed by atoms with Crippen LogP contribution in [0.4, 0.5) is 0 Å². The molecule has 1 fully saturated rings. The van der Waals surface area contributed by atoms with Crippen LogP contribution in [-0.4, -0.2) is 41.7 Å². The first-order chi connectivity index (χ1) is 20.3. The van der Waals surface area contributed by atoms with E-state index in [-0.39, 0.29) is 33.7 Å². The van der Waals surface area contributed by atoms with Crippen molar-refractivity contribution in [2.45, 2.75) is 143 Å². The van der Waals surface area contributed by atoms with Gasteiger partial charge in [0.25, 0.3) is 0 Å². The van der Waals surface area contributed by atoms with Crippen LogP contribution in [0.25, 0.3) is 10.4 Å². The molecule has 1 aliphatic carbocycles. The van der Waals surface area contributed by atoms with Crippen molar-refractivity contribution in [3.63, 3.8) is 0 Å². The van der Waals surface area contributed by atoms with Gasteiger partial charge >= 0.3 is 273 Å². The molecular formula is C36H52GaN5O2. The molecular weight excluding hydrogens is 604 g/mol. The van der Waals surface area contributed by atoms with Crippen molar-refractivity contribution in [2.24, 2.45) is 13.8 Å². The second-order valence-corrected chi connectivity index (χ2v) is 19.4. The Bertz CT molecular complexity index is 1370. The van der Waals surface area contributed by atoms with Crippen LogP contribution in [0.5, 0.6) is 11.5 Å². The fourth-order valence-corrected chi connectivity index (χ4v) is 8.27. The summed E-state index contributed by atoms with van der Waals surface area (Å²) in [6.45, 7) is 26.5. The van der Waals surface area contributed by atoms with Gasteiger partial charge in [-0.2, -0.15) is 0 Å². The first-order valence-corrected chi connectivity index (χ1v) is 19.2. The molecule has 0 aromatic heterocycles. The summed E-state index contributed by atoms with van der Waals surface area (Å²) in [5.74, 6) is 1.42. The van der Waals surface area contributed by atoms with Crippen LogP contribution in [-0.2, 0) is 21.7 Å². The third-order valence-corrected chi connectivity index (χ3v) is 11.1. The van der Waals surface area contributed by atoms with E-state index in [1.54, 1.807) is 0 Å². The van der Waals surface area contributed by atoms with Gasteiger partial charge in [-0.1, -0.05) is 0 Å². The topological polar surface area (TPSA) is 91.9 Å². The number of azide groups is 1. The number of hydrogen-bond donors (Lipinski definition) is 0. The predicted molar refractivity (Wildman–Crippen MR) is 185 cm³/mol. The molecule has 2 unspecified atom stereocenters. The van der Waals surface area contributed by atoms with E-state index in [0.29, 0.717) is 11.5 Å². The van der Waals surface area contributed by atoms with Gasteiger partial charge in [0.2, 0.25) is 0 Å². The number of rotatable bonds is 1. The number of hydrogen-bond acceptors (Lipinski definition) is 5. The Labute approximate surface area is 271 Å². The van der Waals surface area contributed by atoms with Gasteiger partial charge in [-0.15, -0.1) is 0 Å². The van der Waals surface area contributed by atoms with Gasteiger partial charge in [0, 0.05) is 0 Å². The van der Waals surface area contributed by atoms with Gasteiger partial charge < -0.3 is 0 Å². The van der Waals surface area contributed by atoms with Crippen molar-refractivity contribution in [2.75, 3.05) is 0 Å². The van der Waals surface area contributed by atoms with Crippen molar-refractivity contribution in [1.82, 2.24) is 0 Å². The third-order valence-electron chi connectivity index (χ3n) is 8.67. The third kappa shape index (κ3) is 7.93. The van der Waals surface area contributed by atoms with Crippen LogP contribution in [0.3, 0.4) is 0 Å². The maximum absolute atomic E-state index is 9.74. The second-order valence-electron chi connectivity index (χ2n) is 16.6. The molecule has 2 aromatic carbocycles. The van der Waals surface area contributed by atoms with Crippen LogP contribution >= 0.6 is 0 Å². The summed E-state index contributed by atoms with van der Waals surface area (Å²) in [4.78, 5) is 13.6. The molecule has 0 bridgehead atoms. The molecule has 0 amide bonds. The fourth-order valence-electron chi connectivity index (χ4n) is 5.84. The zero-order valence-corrected chi connectivity index (χ0v) is 31.5. The number of fused-ring (bicyclic) bond motifs is 3. The summed E-state index contributed by atoms with van der Waals surface area (Å²) < 4.78 is 17.9. The van der Waals surface area contributed by atoms with Crippen LogP contribution in [0.2, 0.25) is 0 Å². The van der Waals surface area contributed by atoms with Crippen LogP contribution in [0, 0.1) is 0 Å². The molecule has 2 aliphatic rings. The summed E-state index contributed by atoms with van der Waals surface area (Å²) in [6.07, 6.45) is 8.25. The average molecular weight is 657 g/mol. The normalized spacial score (nSPS) is 19.6. The molecule has 4 rings (SSSR count). The summed E-state index contributed by atoms with van der Waals surface area (Å²) in [5, 5.41) is 0. The predicted octanol–water partition coefficient (Wildman–Crippen LogP) is 9.79. The van der Waals surface area contributed by atoms with Gasteiger partial charge in [-0.05, 0) is 0 Å². The summed E-state index contributed by atoms with van der Waals surface area (Å²) >= 11 is -3.66. The molecule has 0 N–H and O–H groups in total. The van der Waals surface area contributed by atoms with Crippen LogP contribution < -0.4 is 7.06 Å². The molecule has 1 heterocycles. The first kappa shape index (κ1) is 34.2. The average Bonchev–Trinajstić information content (AvgIpc) is 2.90. The zero-order chi connectivity index (χ0) is 32.7. The Hall–Kier alpha value is -2.67. The van der Waals surface area contributed by atoms with Crippen molar-refractivity contribution in [3.05, 3.63) is 68.1 Å². The Morgan fingerprint density at radius 3 is 1.36 bits per heavy atom. The molecule has 2 aromatic rings. The summed E-state index contributed by atoms with van der Waals surface area (Å²) in [6, 6.07) is 9.03. The second kappa shape index (κ2) is 12.6. The van der Waals surface area contributed by atoms with Crippen molar-refractivity contribution < 1.29 is 7.06 Å². The van der Waals surface area contributed by atoms with E-state index in [9.17, 15) is 5.53 Å². The maximum atomic E-state index is 9.74. The molecule has 0 saturated heterocycles. The van der Waals surface area contributed by atoms with E-state index in [1.165, 1.54) is 11.1 Å². The molecule has 0 radical (unpaired) electrons. The van der Waals surface area contributed by atoms with Gasteiger partial charge in [0.15, 0.2) is 0 Å². The summed E-state index contributed by atoms with van der Waals surface area (Å²) in [7, 11) is 0. The number of aliphatic imine (C=N–C) groups is 2. The fraction of sp³-hybridized carbons (Fsp3) is 0.611. The minimum absolute atomic E-state index is 0.0743. The van der Waals surface area contributed by atoms with Gasteiger partial charge in [-0.25, -0.2) is 0 Å². The Morgan fingerprint density at radius 2 is 1.05 bits per heavy atom. The first-order valence-electron chi connectivity index (χ1n) is 16.1. The Balaban J connectivity index is 2.05. The van der Waals surface area contributed by atoms with Crippen molar-refractivity contribution in [3.8, 4) is 11.5 Å². The SMILES string of the molecule is CC(C)(C)c1cc2c(c(C(C)(C)C)c1)[O][Ga]([N]=[N+]=[N-])[O]c1c(cc(C(C)(C)C)cc1C(C)(C)C)C=NC1CCCCC1N=C2. The zero-order valence-electron chi connectivity index (χ0n) is 29.1. The van der Waals surface area contributed by atoms with Crippen LogP contribution in [0.15, 0.2) is 38.1 Å². The van der Waals surface area contributed by atoms with Crippen molar-refractivity contribution >= 4 is 29.6 Å². The number of benzene rings is 2. The molecule has 8 heteroatoms. The van der Waals surface area contributed by atoms with Gasteiger partial charge in [-0.3, -0.25) is 0 Å². The quantitative estimate of drug-likeness (QED) is 0.132. The van der Waals surface area contributed by atoms with E-state index >= 15 is 0 Å². The molecule has 1 aliphatic heterocycles. The van der Waals surface area contributed by atoms with Gasteiger partial charge in [0.05, 0.1) is 0 Å². The molecule has 1 saturated carbocycles. The molecule has 7 nitrogen and oxygen atoms in total. The Kier molecular flexibility index (Phi) is 9.80. The van der Waals surface area contributed by atoms with E-state index in [0.717, 1.165) is 47.9 Å². The van der Waals surface area contributed by atoms with E-state index in [2.05, 4.69) is 116 Å². The Morgan fingerprint density at radius 1 is 0.659 bits per heavy atom. The molecule has 0 spiro atoms. The molecule has 2 atom stereocenters.